The van der Waals surface area contributed by atoms with Gasteiger partial charge in [0, 0.05) is 18.5 Å². The maximum absolute atomic E-state index is 11.1. The Morgan fingerprint density at radius 1 is 1.23 bits per heavy atom. The second-order valence-electron chi connectivity index (χ2n) is 5.42. The Morgan fingerprint density at radius 3 is 2.58 bits per heavy atom. The van der Waals surface area contributed by atoms with Crippen molar-refractivity contribution < 1.29 is 13.7 Å². The molecule has 2 heterocycles. The highest BCUT2D eigenvalue weighted by molar-refractivity contribution is 14.0. The Morgan fingerprint density at radius 2 is 2.00 bits per heavy atom. The van der Waals surface area contributed by atoms with E-state index in [9.17, 15) is 4.79 Å². The molecular formula is C17H26IN5O3. The van der Waals surface area contributed by atoms with Gasteiger partial charge in [0.05, 0.1) is 18.8 Å². The van der Waals surface area contributed by atoms with Gasteiger partial charge in [-0.15, -0.1) is 24.0 Å². The van der Waals surface area contributed by atoms with Crippen LogP contribution in [0.2, 0.25) is 0 Å². The molecule has 2 rings (SSSR count). The number of guanidine groups is 1. The van der Waals surface area contributed by atoms with E-state index in [4.69, 9.17) is 14.7 Å². The normalized spacial score (nSPS) is 11.1. The van der Waals surface area contributed by atoms with Gasteiger partial charge in [-0.2, -0.15) is 0 Å². The lowest BCUT2D eigenvalue weighted by Gasteiger charge is -2.10. The van der Waals surface area contributed by atoms with E-state index in [0.29, 0.717) is 24.8 Å². The number of furan rings is 1. The largest absolute Gasteiger partial charge is 0.454 e. The van der Waals surface area contributed by atoms with E-state index < -0.39 is 5.91 Å². The molecule has 0 aromatic carbocycles. The Labute approximate surface area is 170 Å². The van der Waals surface area contributed by atoms with Gasteiger partial charge >= 0.3 is 0 Å². The number of nitrogens with zero attached hydrogens (tertiary/aromatic N) is 2. The minimum Gasteiger partial charge on any atom is -0.454 e. The average molecular weight is 475 g/mol. The topological polar surface area (TPSA) is 119 Å². The monoisotopic (exact) mass is 475 g/mol. The highest BCUT2D eigenvalue weighted by atomic mass is 127. The smallest absolute Gasteiger partial charge is 0.284 e. The van der Waals surface area contributed by atoms with Gasteiger partial charge in [-0.3, -0.25) is 4.79 Å². The van der Waals surface area contributed by atoms with Gasteiger partial charge in [0.25, 0.3) is 5.91 Å². The molecule has 0 saturated heterocycles. The van der Waals surface area contributed by atoms with Crippen LogP contribution in [0.25, 0.3) is 0 Å². The van der Waals surface area contributed by atoms with Crippen molar-refractivity contribution in [3.8, 4) is 0 Å². The molecule has 9 heteroatoms. The van der Waals surface area contributed by atoms with Crippen LogP contribution < -0.4 is 16.4 Å². The minimum absolute atomic E-state index is 0. The molecule has 144 valence electrons. The molecule has 0 radical (unpaired) electrons. The number of hydrogen-bond donors (Lipinski definition) is 3. The molecule has 8 nitrogen and oxygen atoms in total. The van der Waals surface area contributed by atoms with Gasteiger partial charge in [0.1, 0.15) is 11.5 Å². The molecular weight excluding hydrogens is 449 g/mol. The number of rotatable bonds is 8. The van der Waals surface area contributed by atoms with Crippen molar-refractivity contribution in [2.75, 3.05) is 6.54 Å². The van der Waals surface area contributed by atoms with E-state index in [2.05, 4.69) is 20.8 Å². The van der Waals surface area contributed by atoms with Crippen LogP contribution in [0.5, 0.6) is 0 Å². The minimum atomic E-state index is -0.585. The first kappa shape index (κ1) is 22.0. The quantitative estimate of drug-likeness (QED) is 0.307. The van der Waals surface area contributed by atoms with Crippen molar-refractivity contribution in [3.05, 3.63) is 40.7 Å². The first-order chi connectivity index (χ1) is 12.1. The Balaban J connectivity index is 0.00000338. The number of carbonyl (C=O) groups excluding carboxylic acids is 1. The fourth-order valence-corrected chi connectivity index (χ4v) is 2.39. The summed E-state index contributed by atoms with van der Waals surface area (Å²) in [4.78, 5) is 15.7. The molecule has 0 saturated carbocycles. The molecule has 0 aliphatic rings. The lowest BCUT2D eigenvalue weighted by atomic mass is 10.1. The van der Waals surface area contributed by atoms with E-state index in [1.807, 2.05) is 20.8 Å². The van der Waals surface area contributed by atoms with Gasteiger partial charge in [0.2, 0.25) is 0 Å². The first-order valence-electron chi connectivity index (χ1n) is 8.45. The summed E-state index contributed by atoms with van der Waals surface area (Å²) in [5, 5.41) is 10.4. The molecule has 26 heavy (non-hydrogen) atoms. The second kappa shape index (κ2) is 10.8. The summed E-state index contributed by atoms with van der Waals surface area (Å²) in [6, 6.07) is 3.27. The van der Waals surface area contributed by atoms with Gasteiger partial charge in [-0.05, 0) is 25.5 Å². The predicted octanol–water partition coefficient (Wildman–Crippen LogP) is 2.36. The van der Waals surface area contributed by atoms with E-state index in [1.165, 1.54) is 0 Å². The number of nitrogens with one attached hydrogen (secondary N) is 2. The third-order valence-corrected chi connectivity index (χ3v) is 3.68. The highest BCUT2D eigenvalue weighted by Gasteiger charge is 2.13. The number of carbonyl (C=O) groups is 1. The molecule has 0 bridgehead atoms. The van der Waals surface area contributed by atoms with E-state index in [-0.39, 0.29) is 29.7 Å². The Hall–Kier alpha value is -2.04. The van der Waals surface area contributed by atoms with Crippen LogP contribution in [0, 0.1) is 0 Å². The van der Waals surface area contributed by atoms with Crippen molar-refractivity contribution in [1.82, 2.24) is 15.8 Å². The van der Waals surface area contributed by atoms with Crippen molar-refractivity contribution >= 4 is 35.8 Å². The van der Waals surface area contributed by atoms with Crippen LogP contribution in [0.15, 0.2) is 26.1 Å². The first-order valence-corrected chi connectivity index (χ1v) is 8.45. The van der Waals surface area contributed by atoms with Gasteiger partial charge in [0.15, 0.2) is 11.7 Å². The van der Waals surface area contributed by atoms with E-state index >= 15 is 0 Å². The number of nitrogens with two attached hydrogens (primary N) is 1. The summed E-state index contributed by atoms with van der Waals surface area (Å²) >= 11 is 0. The molecule has 0 aliphatic carbocycles. The van der Waals surface area contributed by atoms with E-state index in [0.717, 1.165) is 36.4 Å². The molecule has 0 spiro atoms. The second-order valence-corrected chi connectivity index (χ2v) is 5.42. The van der Waals surface area contributed by atoms with Crippen LogP contribution in [-0.2, 0) is 25.9 Å². The third kappa shape index (κ3) is 5.75. The van der Waals surface area contributed by atoms with Crippen molar-refractivity contribution in [2.45, 2.75) is 46.7 Å². The van der Waals surface area contributed by atoms with Crippen LogP contribution in [0.1, 0.15) is 54.1 Å². The summed E-state index contributed by atoms with van der Waals surface area (Å²) < 4.78 is 10.7. The molecule has 1 amide bonds. The lowest BCUT2D eigenvalue weighted by Crippen LogP contribution is -2.36. The number of amides is 1. The maximum Gasteiger partial charge on any atom is 0.284 e. The lowest BCUT2D eigenvalue weighted by molar-refractivity contribution is 0.0972. The number of aliphatic imine (C=N–C) groups is 1. The summed E-state index contributed by atoms with van der Waals surface area (Å²) in [5.74, 6) is 1.67. The fourth-order valence-electron chi connectivity index (χ4n) is 2.39. The third-order valence-electron chi connectivity index (χ3n) is 3.68. The van der Waals surface area contributed by atoms with Crippen LogP contribution in [0.3, 0.4) is 0 Å². The summed E-state index contributed by atoms with van der Waals surface area (Å²) in [6.45, 7) is 7.66. The zero-order valence-corrected chi connectivity index (χ0v) is 17.6. The molecule has 2 aromatic rings. The average Bonchev–Trinajstić information content (AvgIpc) is 3.23. The molecule has 2 aromatic heterocycles. The number of primary amides is 1. The Bertz CT molecular complexity index is 717. The number of halogens is 1. The summed E-state index contributed by atoms with van der Waals surface area (Å²) in [7, 11) is 0. The van der Waals surface area contributed by atoms with Gasteiger partial charge in [-0.1, -0.05) is 19.0 Å². The zero-order chi connectivity index (χ0) is 18.2. The highest BCUT2D eigenvalue weighted by Crippen LogP contribution is 2.16. The molecule has 0 fully saturated rings. The molecule has 0 atom stereocenters. The SMILES string of the molecule is CCNC(=NCc1c(CC)noc1CC)NCc1ccc(C(N)=O)o1.I. The number of hydrogen-bond acceptors (Lipinski definition) is 5. The fraction of sp³-hybridized carbons (Fsp3) is 0.471. The Kier molecular flexibility index (Phi) is 9.17. The van der Waals surface area contributed by atoms with Crippen LogP contribution in [-0.4, -0.2) is 23.6 Å². The number of aryl methyl sites for hydroxylation is 2. The van der Waals surface area contributed by atoms with Crippen molar-refractivity contribution in [1.29, 1.82) is 0 Å². The van der Waals surface area contributed by atoms with Crippen molar-refractivity contribution in [2.24, 2.45) is 10.7 Å². The zero-order valence-electron chi connectivity index (χ0n) is 15.3. The predicted molar refractivity (Wildman–Crippen MR) is 110 cm³/mol. The summed E-state index contributed by atoms with van der Waals surface area (Å²) in [6.07, 6.45) is 1.59. The van der Waals surface area contributed by atoms with Crippen LogP contribution >= 0.6 is 24.0 Å². The molecule has 0 aliphatic heterocycles. The summed E-state index contributed by atoms with van der Waals surface area (Å²) in [5.41, 5.74) is 7.16. The van der Waals surface area contributed by atoms with Gasteiger partial charge < -0.3 is 25.3 Å². The maximum atomic E-state index is 11.1. The standard InChI is InChI=1S/C17H25N5O3.HI/c1-4-13-12(14(5-2)25-22-13)10-21-17(19-6-3)20-9-11-7-8-15(24-11)16(18)23;/h7-8H,4-6,9-10H2,1-3H3,(H2,18,23)(H2,19,20,21);1H. The number of aromatic nitrogens is 1. The molecule has 0 unspecified atom stereocenters. The van der Waals surface area contributed by atoms with Gasteiger partial charge in [-0.25, -0.2) is 4.99 Å². The van der Waals surface area contributed by atoms with E-state index in [1.54, 1.807) is 12.1 Å². The molecule has 4 N–H and O–H groups in total. The van der Waals surface area contributed by atoms with Crippen molar-refractivity contribution in [3.63, 3.8) is 0 Å². The van der Waals surface area contributed by atoms with Crippen LogP contribution in [0.4, 0.5) is 0 Å².